The van der Waals surface area contributed by atoms with Crippen molar-refractivity contribution in [2.24, 2.45) is 29.1 Å². The molecule has 3 aliphatic carbocycles. The summed E-state index contributed by atoms with van der Waals surface area (Å²) in [6.07, 6.45) is 3.97. The Morgan fingerprint density at radius 2 is 1.78 bits per heavy atom. The second-order valence-corrected chi connectivity index (χ2v) is 13.2. The molecule has 202 valence electrons. The van der Waals surface area contributed by atoms with Crippen LogP contribution in [-0.2, 0) is 28.6 Å². The lowest BCUT2D eigenvalue weighted by Gasteiger charge is -2.50. The molecule has 8 nitrogen and oxygen atoms in total. The van der Waals surface area contributed by atoms with Crippen molar-refractivity contribution < 1.29 is 38.8 Å². The van der Waals surface area contributed by atoms with E-state index < -0.39 is 46.5 Å². The van der Waals surface area contributed by atoms with Gasteiger partial charge in [0.25, 0.3) is 0 Å². The first-order valence-electron chi connectivity index (χ1n) is 13.7. The molecule has 2 saturated heterocycles. The van der Waals surface area contributed by atoms with E-state index in [1.165, 1.54) is 0 Å². The van der Waals surface area contributed by atoms with E-state index in [1.807, 2.05) is 33.8 Å². The zero-order valence-corrected chi connectivity index (χ0v) is 22.3. The Hall–Kier alpha value is -2.03. The molecular weight excluding hydrogens is 476 g/mol. The first kappa shape index (κ1) is 25.3. The summed E-state index contributed by atoms with van der Waals surface area (Å²) in [6.45, 7) is 9.58. The van der Waals surface area contributed by atoms with Crippen molar-refractivity contribution in [3.05, 3.63) is 23.3 Å². The standard InChI is InChI=1S/C29H38O8/c1-14-10-18(35-25(14)33)24(32)15(2)16-11-21(30)27(5)17(16)8-9-28(34)13-29-19(6-7-20(27)28)26(3,4)36-22(29)12-23(31)37-29/h8,10,15-16,18-20,22,24,32,34H,6-7,9,11-13H2,1-5H3. The van der Waals surface area contributed by atoms with Crippen LogP contribution in [0.25, 0.3) is 0 Å². The molecule has 2 N–H and O–H groups in total. The minimum atomic E-state index is -1.22. The van der Waals surface area contributed by atoms with Crippen molar-refractivity contribution in [2.45, 2.75) is 108 Å². The normalized spacial score (nSPS) is 47.5. The zero-order chi connectivity index (χ0) is 26.7. The molecule has 0 aromatic rings. The predicted octanol–water partition coefficient (Wildman–Crippen LogP) is 2.79. The number of hydrogen-bond donors (Lipinski definition) is 2. The molecule has 0 aromatic carbocycles. The van der Waals surface area contributed by atoms with Crippen molar-refractivity contribution in [1.29, 1.82) is 0 Å². The zero-order valence-electron chi connectivity index (χ0n) is 22.3. The van der Waals surface area contributed by atoms with E-state index in [1.54, 1.807) is 13.0 Å². The molecule has 0 amide bonds. The van der Waals surface area contributed by atoms with Crippen LogP contribution in [-0.4, -0.2) is 63.0 Å². The van der Waals surface area contributed by atoms with Crippen LogP contribution < -0.4 is 0 Å². The molecule has 10 atom stereocenters. The number of Topliss-reactive ketones (excluding diaryl/α,β-unsaturated/α-hetero) is 1. The number of ether oxygens (including phenoxy) is 3. The summed E-state index contributed by atoms with van der Waals surface area (Å²) in [6, 6.07) is 0. The molecule has 3 aliphatic heterocycles. The monoisotopic (exact) mass is 514 g/mol. The van der Waals surface area contributed by atoms with Crippen LogP contribution in [0.15, 0.2) is 23.3 Å². The summed E-state index contributed by atoms with van der Waals surface area (Å²) < 4.78 is 17.7. The van der Waals surface area contributed by atoms with E-state index in [0.29, 0.717) is 24.8 Å². The molecule has 37 heavy (non-hydrogen) atoms. The van der Waals surface area contributed by atoms with Crippen molar-refractivity contribution in [1.82, 2.24) is 0 Å². The molecule has 8 heteroatoms. The van der Waals surface area contributed by atoms with Gasteiger partial charge in [-0.2, -0.15) is 0 Å². The fourth-order valence-electron chi connectivity index (χ4n) is 9.08. The Labute approximate surface area is 217 Å². The Balaban J connectivity index is 1.34. The summed E-state index contributed by atoms with van der Waals surface area (Å²) in [5.74, 6) is -1.57. The van der Waals surface area contributed by atoms with Crippen LogP contribution in [0, 0.1) is 29.1 Å². The number of aliphatic hydroxyl groups excluding tert-OH is 1. The number of ketones is 1. The highest BCUT2D eigenvalue weighted by Crippen LogP contribution is 2.65. The number of aliphatic hydroxyl groups is 2. The van der Waals surface area contributed by atoms with E-state index in [-0.39, 0.29) is 54.7 Å². The largest absolute Gasteiger partial charge is 0.456 e. The molecule has 3 heterocycles. The first-order chi connectivity index (χ1) is 17.2. The lowest BCUT2D eigenvalue weighted by molar-refractivity contribution is -0.164. The van der Waals surface area contributed by atoms with Gasteiger partial charge in [0, 0.05) is 30.3 Å². The second kappa shape index (κ2) is 7.76. The van der Waals surface area contributed by atoms with Crippen LogP contribution in [0.4, 0.5) is 0 Å². The van der Waals surface area contributed by atoms with E-state index in [4.69, 9.17) is 14.2 Å². The summed E-state index contributed by atoms with van der Waals surface area (Å²) in [5.41, 5.74) is -2.02. The van der Waals surface area contributed by atoms with Crippen molar-refractivity contribution in [2.75, 3.05) is 0 Å². The maximum absolute atomic E-state index is 13.8. The quantitative estimate of drug-likeness (QED) is 0.436. The molecule has 1 spiro atoms. The van der Waals surface area contributed by atoms with Crippen LogP contribution in [0.1, 0.15) is 73.1 Å². The van der Waals surface area contributed by atoms with Crippen LogP contribution in [0.3, 0.4) is 0 Å². The first-order valence-corrected chi connectivity index (χ1v) is 13.7. The molecule has 10 unspecified atom stereocenters. The van der Waals surface area contributed by atoms with E-state index in [9.17, 15) is 24.6 Å². The van der Waals surface area contributed by atoms with E-state index >= 15 is 0 Å². The van der Waals surface area contributed by atoms with Gasteiger partial charge in [-0.05, 0) is 64.9 Å². The van der Waals surface area contributed by atoms with Gasteiger partial charge in [-0.1, -0.05) is 18.6 Å². The lowest BCUT2D eigenvalue weighted by Crippen LogP contribution is -2.55. The molecule has 0 aromatic heterocycles. The Morgan fingerprint density at radius 1 is 1.08 bits per heavy atom. The van der Waals surface area contributed by atoms with Crippen molar-refractivity contribution in [3.63, 3.8) is 0 Å². The third-order valence-corrected chi connectivity index (χ3v) is 10.9. The van der Waals surface area contributed by atoms with E-state index in [2.05, 4.69) is 0 Å². The van der Waals surface area contributed by atoms with Crippen LogP contribution >= 0.6 is 0 Å². The third kappa shape index (κ3) is 3.27. The number of esters is 2. The van der Waals surface area contributed by atoms with Gasteiger partial charge in [0.15, 0.2) is 0 Å². The maximum Gasteiger partial charge on any atom is 0.334 e. The SMILES string of the molecule is CC1=CC(C(O)C(C)C2CC(=O)C3(C)C2=CCC2(O)CC45OC(=O)CC4OC(C)(C)C5CCC23)OC1=O. The van der Waals surface area contributed by atoms with Gasteiger partial charge < -0.3 is 24.4 Å². The van der Waals surface area contributed by atoms with Crippen molar-refractivity contribution >= 4 is 17.7 Å². The molecule has 2 saturated carbocycles. The summed E-state index contributed by atoms with van der Waals surface area (Å²) in [4.78, 5) is 38.1. The fourth-order valence-corrected chi connectivity index (χ4v) is 9.08. The number of carbonyl (C=O) groups excluding carboxylic acids is 3. The molecule has 4 fully saturated rings. The highest BCUT2D eigenvalue weighted by atomic mass is 16.6. The molecule has 0 bridgehead atoms. The summed E-state index contributed by atoms with van der Waals surface area (Å²) >= 11 is 0. The molecule has 6 rings (SSSR count). The minimum Gasteiger partial charge on any atom is -0.456 e. The molecule has 6 aliphatic rings. The topological polar surface area (TPSA) is 119 Å². The van der Waals surface area contributed by atoms with Gasteiger partial charge in [-0.15, -0.1) is 0 Å². The van der Waals surface area contributed by atoms with Gasteiger partial charge >= 0.3 is 11.9 Å². The number of carbonyl (C=O) groups is 3. The Morgan fingerprint density at radius 3 is 2.46 bits per heavy atom. The third-order valence-electron chi connectivity index (χ3n) is 10.9. The van der Waals surface area contributed by atoms with Crippen molar-refractivity contribution in [3.8, 4) is 0 Å². The number of fused-ring (bicyclic) bond motifs is 3. The maximum atomic E-state index is 13.8. The number of allylic oxidation sites excluding steroid dienone is 1. The minimum absolute atomic E-state index is 0.0705. The number of hydrogen-bond acceptors (Lipinski definition) is 8. The average molecular weight is 515 g/mol. The fraction of sp³-hybridized carbons (Fsp3) is 0.759. The Bertz CT molecular complexity index is 1140. The summed E-state index contributed by atoms with van der Waals surface area (Å²) in [5, 5.41) is 23.4. The molecule has 0 radical (unpaired) electrons. The number of rotatable bonds is 3. The average Bonchev–Trinajstić information content (AvgIpc) is 3.40. The van der Waals surface area contributed by atoms with E-state index in [0.717, 1.165) is 5.57 Å². The van der Waals surface area contributed by atoms with Crippen LogP contribution in [0.5, 0.6) is 0 Å². The van der Waals surface area contributed by atoms with Gasteiger partial charge in [0.1, 0.15) is 23.6 Å². The summed E-state index contributed by atoms with van der Waals surface area (Å²) in [7, 11) is 0. The molecular formula is C29H38O8. The smallest absolute Gasteiger partial charge is 0.334 e. The van der Waals surface area contributed by atoms with Gasteiger partial charge in [0.05, 0.1) is 29.1 Å². The second-order valence-electron chi connectivity index (χ2n) is 13.2. The van der Waals surface area contributed by atoms with Gasteiger partial charge in [-0.25, -0.2) is 4.79 Å². The highest BCUT2D eigenvalue weighted by Gasteiger charge is 2.72. The number of cyclic esters (lactones) is 1. The van der Waals surface area contributed by atoms with Crippen LogP contribution in [0.2, 0.25) is 0 Å². The Kier molecular flexibility index (Phi) is 5.30. The van der Waals surface area contributed by atoms with Gasteiger partial charge in [0.2, 0.25) is 0 Å². The van der Waals surface area contributed by atoms with Gasteiger partial charge in [-0.3, -0.25) is 9.59 Å². The lowest BCUT2D eigenvalue weighted by atomic mass is 9.57. The predicted molar refractivity (Wildman–Crippen MR) is 131 cm³/mol. The highest BCUT2D eigenvalue weighted by molar-refractivity contribution is 5.92.